The predicted octanol–water partition coefficient (Wildman–Crippen LogP) is 3.05. The van der Waals surface area contributed by atoms with E-state index in [2.05, 4.69) is 4.90 Å². The Kier molecular flexibility index (Phi) is 3.25. The molecule has 2 N–H and O–H groups in total. The van der Waals surface area contributed by atoms with Crippen molar-refractivity contribution in [2.24, 2.45) is 11.7 Å². The Balaban J connectivity index is 1.95. The number of nitrogens with zero attached hydrogens (tertiary/aromatic N) is 1. The molecule has 1 aliphatic carbocycles. The molecular formula is C15H21FN2. The van der Waals surface area contributed by atoms with Gasteiger partial charge in [-0.1, -0.05) is 25.0 Å². The number of halogens is 1. The third-order valence-corrected chi connectivity index (χ3v) is 4.59. The summed E-state index contributed by atoms with van der Waals surface area (Å²) in [5.74, 6) is 0.660. The molecule has 0 radical (unpaired) electrons. The van der Waals surface area contributed by atoms with Crippen molar-refractivity contribution in [3.05, 3.63) is 29.6 Å². The van der Waals surface area contributed by atoms with Crippen LogP contribution in [0.2, 0.25) is 0 Å². The summed E-state index contributed by atoms with van der Waals surface area (Å²) >= 11 is 0. The summed E-state index contributed by atoms with van der Waals surface area (Å²) in [6, 6.07) is 5.82. The molecule has 98 valence electrons. The number of anilines is 1. The molecule has 1 heterocycles. The van der Waals surface area contributed by atoms with Crippen molar-refractivity contribution >= 4 is 5.69 Å². The zero-order valence-corrected chi connectivity index (χ0v) is 10.7. The van der Waals surface area contributed by atoms with Crippen molar-refractivity contribution in [1.82, 2.24) is 0 Å². The second kappa shape index (κ2) is 4.88. The molecule has 0 aromatic heterocycles. The zero-order chi connectivity index (χ0) is 12.5. The monoisotopic (exact) mass is 248 g/mol. The second-order valence-electron chi connectivity index (χ2n) is 5.55. The van der Waals surface area contributed by atoms with Gasteiger partial charge in [0.1, 0.15) is 5.82 Å². The third kappa shape index (κ3) is 1.91. The lowest BCUT2D eigenvalue weighted by atomic mass is 9.85. The topological polar surface area (TPSA) is 29.3 Å². The van der Waals surface area contributed by atoms with E-state index < -0.39 is 0 Å². The average Bonchev–Trinajstić information content (AvgIpc) is 2.82. The fourth-order valence-electron chi connectivity index (χ4n) is 3.73. The Hall–Kier alpha value is -1.09. The minimum atomic E-state index is -0.107. The van der Waals surface area contributed by atoms with E-state index in [-0.39, 0.29) is 5.82 Å². The molecule has 2 atom stereocenters. The Labute approximate surface area is 108 Å². The fraction of sp³-hybridized carbons (Fsp3) is 0.600. The summed E-state index contributed by atoms with van der Waals surface area (Å²) in [7, 11) is 0. The molecule has 2 unspecified atom stereocenters. The first-order valence-corrected chi connectivity index (χ1v) is 7.05. The Morgan fingerprint density at radius 2 is 2.06 bits per heavy atom. The van der Waals surface area contributed by atoms with E-state index in [9.17, 15) is 4.39 Å². The lowest BCUT2D eigenvalue weighted by molar-refractivity contribution is 0.341. The van der Waals surface area contributed by atoms with Gasteiger partial charge >= 0.3 is 0 Å². The smallest absolute Gasteiger partial charge is 0.146 e. The molecule has 1 saturated carbocycles. The quantitative estimate of drug-likeness (QED) is 0.871. The minimum absolute atomic E-state index is 0.107. The standard InChI is InChI=1S/C15H21FN2/c16-13-6-3-5-12(10-17)15(13)18-9-8-11-4-1-2-7-14(11)18/h3,5-6,11,14H,1-2,4,7-10,17H2. The maximum atomic E-state index is 14.2. The van der Waals surface area contributed by atoms with Crippen molar-refractivity contribution in [3.63, 3.8) is 0 Å². The molecule has 0 bridgehead atoms. The van der Waals surface area contributed by atoms with Gasteiger partial charge in [-0.25, -0.2) is 4.39 Å². The van der Waals surface area contributed by atoms with Gasteiger partial charge in [0.2, 0.25) is 0 Å². The highest BCUT2D eigenvalue weighted by Gasteiger charge is 2.37. The number of hydrogen-bond acceptors (Lipinski definition) is 2. The van der Waals surface area contributed by atoms with Crippen LogP contribution in [0, 0.1) is 11.7 Å². The molecule has 1 saturated heterocycles. The van der Waals surface area contributed by atoms with Gasteiger partial charge in [-0.05, 0) is 36.8 Å². The van der Waals surface area contributed by atoms with Crippen LogP contribution < -0.4 is 10.6 Å². The van der Waals surface area contributed by atoms with Gasteiger partial charge in [0.15, 0.2) is 0 Å². The number of hydrogen-bond donors (Lipinski definition) is 1. The van der Waals surface area contributed by atoms with Crippen LogP contribution >= 0.6 is 0 Å². The lowest BCUT2D eigenvalue weighted by Gasteiger charge is -2.34. The lowest BCUT2D eigenvalue weighted by Crippen LogP contribution is -2.36. The molecule has 3 rings (SSSR count). The fourth-order valence-corrected chi connectivity index (χ4v) is 3.73. The highest BCUT2D eigenvalue weighted by Crippen LogP contribution is 2.40. The second-order valence-corrected chi connectivity index (χ2v) is 5.55. The average molecular weight is 248 g/mol. The summed E-state index contributed by atoms with van der Waals surface area (Å²) < 4.78 is 14.2. The van der Waals surface area contributed by atoms with Gasteiger partial charge in [-0.2, -0.15) is 0 Å². The molecule has 18 heavy (non-hydrogen) atoms. The molecular weight excluding hydrogens is 227 g/mol. The van der Waals surface area contributed by atoms with Crippen molar-refractivity contribution < 1.29 is 4.39 Å². The SMILES string of the molecule is NCc1cccc(F)c1N1CCC2CCCCC21. The van der Waals surface area contributed by atoms with Crippen LogP contribution in [0.25, 0.3) is 0 Å². The molecule has 3 heteroatoms. The molecule has 2 fully saturated rings. The molecule has 1 aliphatic heterocycles. The predicted molar refractivity (Wildman–Crippen MR) is 72.0 cm³/mol. The van der Waals surface area contributed by atoms with Crippen LogP contribution in [0.1, 0.15) is 37.7 Å². The van der Waals surface area contributed by atoms with Crippen LogP contribution in [0.4, 0.5) is 10.1 Å². The van der Waals surface area contributed by atoms with Crippen molar-refractivity contribution in [3.8, 4) is 0 Å². The van der Waals surface area contributed by atoms with Crippen LogP contribution in [-0.4, -0.2) is 12.6 Å². The Bertz CT molecular complexity index is 433. The third-order valence-electron chi connectivity index (χ3n) is 4.59. The van der Waals surface area contributed by atoms with Crippen molar-refractivity contribution in [2.45, 2.75) is 44.7 Å². The molecule has 1 aromatic rings. The number of rotatable bonds is 2. The first kappa shape index (κ1) is 12.0. The van der Waals surface area contributed by atoms with E-state index in [4.69, 9.17) is 5.73 Å². The van der Waals surface area contributed by atoms with Crippen molar-refractivity contribution in [1.29, 1.82) is 0 Å². The number of benzene rings is 1. The first-order chi connectivity index (χ1) is 8.81. The molecule has 0 spiro atoms. The van der Waals surface area contributed by atoms with Crippen LogP contribution in [-0.2, 0) is 6.54 Å². The Morgan fingerprint density at radius 3 is 2.89 bits per heavy atom. The zero-order valence-electron chi connectivity index (χ0n) is 10.7. The maximum Gasteiger partial charge on any atom is 0.146 e. The van der Waals surface area contributed by atoms with Gasteiger partial charge < -0.3 is 10.6 Å². The highest BCUT2D eigenvalue weighted by molar-refractivity contribution is 5.56. The van der Waals surface area contributed by atoms with Gasteiger partial charge in [-0.3, -0.25) is 0 Å². The largest absolute Gasteiger partial charge is 0.366 e. The molecule has 1 aromatic carbocycles. The van der Waals surface area contributed by atoms with Gasteiger partial charge in [0.25, 0.3) is 0 Å². The minimum Gasteiger partial charge on any atom is -0.366 e. The summed E-state index contributed by atoms with van der Waals surface area (Å²) in [6.45, 7) is 1.41. The van der Waals surface area contributed by atoms with E-state index in [1.165, 1.54) is 32.1 Å². The summed E-state index contributed by atoms with van der Waals surface area (Å²) in [6.07, 6.45) is 6.36. The van der Waals surface area contributed by atoms with Gasteiger partial charge in [0, 0.05) is 19.1 Å². The van der Waals surface area contributed by atoms with Crippen LogP contribution in [0.5, 0.6) is 0 Å². The normalized spacial score (nSPS) is 27.3. The number of para-hydroxylation sites is 1. The van der Waals surface area contributed by atoms with Crippen LogP contribution in [0.3, 0.4) is 0 Å². The van der Waals surface area contributed by atoms with Gasteiger partial charge in [-0.15, -0.1) is 0 Å². The molecule has 2 nitrogen and oxygen atoms in total. The first-order valence-electron chi connectivity index (χ1n) is 7.05. The highest BCUT2D eigenvalue weighted by atomic mass is 19.1. The maximum absolute atomic E-state index is 14.2. The number of nitrogens with two attached hydrogens (primary N) is 1. The number of fused-ring (bicyclic) bond motifs is 1. The van der Waals surface area contributed by atoms with Crippen LogP contribution in [0.15, 0.2) is 18.2 Å². The van der Waals surface area contributed by atoms with E-state index in [1.807, 2.05) is 6.07 Å². The van der Waals surface area contributed by atoms with E-state index in [0.29, 0.717) is 12.6 Å². The molecule has 0 amide bonds. The van der Waals surface area contributed by atoms with E-state index in [0.717, 1.165) is 23.7 Å². The summed E-state index contributed by atoms with van der Waals surface area (Å²) in [5.41, 5.74) is 7.48. The van der Waals surface area contributed by atoms with Gasteiger partial charge in [0.05, 0.1) is 5.69 Å². The van der Waals surface area contributed by atoms with E-state index in [1.54, 1.807) is 12.1 Å². The molecule has 2 aliphatic rings. The van der Waals surface area contributed by atoms with E-state index >= 15 is 0 Å². The Morgan fingerprint density at radius 1 is 1.22 bits per heavy atom. The van der Waals surface area contributed by atoms with Crippen molar-refractivity contribution in [2.75, 3.05) is 11.4 Å². The summed E-state index contributed by atoms with van der Waals surface area (Å²) in [5, 5.41) is 0. The summed E-state index contributed by atoms with van der Waals surface area (Å²) in [4.78, 5) is 2.29.